The van der Waals surface area contributed by atoms with E-state index in [1.807, 2.05) is 34.3 Å². The van der Waals surface area contributed by atoms with Crippen LogP contribution in [0, 0.1) is 11.3 Å². The van der Waals surface area contributed by atoms with Crippen LogP contribution in [0.15, 0.2) is 5.10 Å². The van der Waals surface area contributed by atoms with Gasteiger partial charge in [0, 0.05) is 0 Å². The lowest BCUT2D eigenvalue weighted by atomic mass is 10.1. The summed E-state index contributed by atoms with van der Waals surface area (Å²) in [5.41, 5.74) is 0. The molecule has 0 aliphatic rings. The van der Waals surface area contributed by atoms with Crippen LogP contribution in [0.2, 0.25) is 0 Å². The summed E-state index contributed by atoms with van der Waals surface area (Å²) in [6.07, 6.45) is 4.19. The second-order valence-electron chi connectivity index (χ2n) is 3.62. The molecule has 1 N–H and O–H groups in total. The van der Waals surface area contributed by atoms with E-state index in [9.17, 15) is 0 Å². The van der Waals surface area contributed by atoms with Crippen molar-refractivity contribution in [2.24, 2.45) is 11.0 Å². The molecule has 0 rings (SSSR count). The molecule has 0 bridgehead atoms. The van der Waals surface area contributed by atoms with Crippen LogP contribution in [-0.2, 0) is 0 Å². The van der Waals surface area contributed by atoms with Gasteiger partial charge in [0.05, 0.1) is 27.4 Å². The first kappa shape index (κ1) is 10.3. The number of hydrogen-bond donors (Lipinski definition) is 1. The first-order chi connectivity index (χ1) is 4.95. The molecule has 0 spiro atoms. The molecule has 1 atom stereocenters. The minimum Gasteiger partial charge on any atom is -0.313 e. The lowest BCUT2D eigenvalue weighted by molar-refractivity contribution is -0.876. The molecule has 0 saturated carbocycles. The molecule has 3 nitrogen and oxygen atoms in total. The molecule has 0 fully saturated rings. The lowest BCUT2D eigenvalue weighted by Gasteiger charge is -2.14. The van der Waals surface area contributed by atoms with Gasteiger partial charge in [-0.05, 0) is 18.6 Å². The van der Waals surface area contributed by atoms with Crippen LogP contribution in [0.25, 0.3) is 0 Å². The molecule has 1 unspecified atom stereocenters. The van der Waals surface area contributed by atoms with Crippen molar-refractivity contribution in [3.63, 3.8) is 0 Å². The van der Waals surface area contributed by atoms with E-state index in [-0.39, 0.29) is 0 Å². The second kappa shape index (κ2) is 4.23. The van der Waals surface area contributed by atoms with Crippen LogP contribution in [0.5, 0.6) is 0 Å². The Bertz CT molecular complexity index is 144. The molecule has 3 heteroatoms. The quantitative estimate of drug-likeness (QED) is 0.362. The van der Waals surface area contributed by atoms with Crippen LogP contribution < -0.4 is 0 Å². The predicted molar refractivity (Wildman–Crippen MR) is 49.1 cm³/mol. The summed E-state index contributed by atoms with van der Waals surface area (Å²) in [5, 5.41) is 11.2. The number of rotatable bonds is 4. The zero-order valence-electron chi connectivity index (χ0n) is 7.83. The van der Waals surface area contributed by atoms with E-state index in [1.54, 1.807) is 0 Å². The Morgan fingerprint density at radius 2 is 2.00 bits per heavy atom. The molecule has 0 aromatic carbocycles. The molecule has 0 radical (unpaired) electrons. The van der Waals surface area contributed by atoms with Crippen LogP contribution in [0.4, 0.5) is 0 Å². The van der Waals surface area contributed by atoms with Gasteiger partial charge in [-0.25, -0.2) is 4.59 Å². The predicted octanol–water partition coefficient (Wildman–Crippen LogP) is 1.35. The van der Waals surface area contributed by atoms with Gasteiger partial charge in [0.25, 0.3) is 0 Å². The lowest BCUT2D eigenvalue weighted by Crippen LogP contribution is -2.27. The summed E-state index contributed by atoms with van der Waals surface area (Å²) in [7, 11) is 6.02. The summed E-state index contributed by atoms with van der Waals surface area (Å²) < 4.78 is 0.602. The molecule has 0 aliphatic carbocycles. The standard InChI is InChI=1S/C8H18N3/c1-8(7-9)5-6-10-11(2,3)4/h6-9H,5H2,1-4H3/q+1/b9-7?,10-6+. The molecule has 0 saturated heterocycles. The Hall–Kier alpha value is -0.700. The Morgan fingerprint density at radius 1 is 1.45 bits per heavy atom. The van der Waals surface area contributed by atoms with Crippen LogP contribution >= 0.6 is 0 Å². The van der Waals surface area contributed by atoms with Crippen molar-refractivity contribution in [3.8, 4) is 0 Å². The molecule has 0 aliphatic heterocycles. The van der Waals surface area contributed by atoms with E-state index in [2.05, 4.69) is 5.10 Å². The number of nitrogens with one attached hydrogen (secondary N) is 1. The highest BCUT2D eigenvalue weighted by Crippen LogP contribution is 1.96. The van der Waals surface area contributed by atoms with Crippen molar-refractivity contribution >= 4 is 12.4 Å². The van der Waals surface area contributed by atoms with E-state index >= 15 is 0 Å². The SMILES string of the molecule is CC(C=N)C/C=N/[N+](C)(C)C. The van der Waals surface area contributed by atoms with Crippen LogP contribution in [0.3, 0.4) is 0 Å². The van der Waals surface area contributed by atoms with Crippen molar-refractivity contribution < 1.29 is 4.59 Å². The Balaban J connectivity index is 3.69. The summed E-state index contributed by atoms with van der Waals surface area (Å²) in [4.78, 5) is 0. The Kier molecular flexibility index (Phi) is 3.97. The fourth-order valence-corrected chi connectivity index (χ4v) is 0.526. The van der Waals surface area contributed by atoms with Crippen LogP contribution in [0.1, 0.15) is 13.3 Å². The van der Waals surface area contributed by atoms with Crippen molar-refractivity contribution in [2.75, 3.05) is 21.1 Å². The van der Waals surface area contributed by atoms with E-state index < -0.39 is 0 Å². The zero-order chi connectivity index (χ0) is 8.91. The highest BCUT2D eigenvalue weighted by atomic mass is 15.6. The van der Waals surface area contributed by atoms with Gasteiger partial charge in [-0.1, -0.05) is 12.0 Å². The van der Waals surface area contributed by atoms with Gasteiger partial charge in [0.15, 0.2) is 0 Å². The molecule has 64 valence electrons. The summed E-state index contributed by atoms with van der Waals surface area (Å²) in [5.74, 6) is 0.310. The molecule has 0 aromatic heterocycles. The summed E-state index contributed by atoms with van der Waals surface area (Å²) in [6.45, 7) is 2.01. The fraction of sp³-hybridized carbons (Fsp3) is 0.750. The van der Waals surface area contributed by atoms with E-state index in [0.717, 1.165) is 6.42 Å². The highest BCUT2D eigenvalue weighted by molar-refractivity contribution is 5.65. The minimum absolute atomic E-state index is 0.310. The van der Waals surface area contributed by atoms with Gasteiger partial charge in [-0.3, -0.25) is 0 Å². The fourth-order valence-electron chi connectivity index (χ4n) is 0.526. The third-order valence-corrected chi connectivity index (χ3v) is 1.19. The van der Waals surface area contributed by atoms with Crippen molar-refractivity contribution in [1.29, 1.82) is 5.41 Å². The molecule has 0 aromatic rings. The summed E-state index contributed by atoms with van der Waals surface area (Å²) in [6, 6.07) is 0. The number of quaternary nitrogens is 1. The third-order valence-electron chi connectivity index (χ3n) is 1.19. The first-order valence-electron chi connectivity index (χ1n) is 3.82. The number of nitrogens with zero attached hydrogens (tertiary/aromatic N) is 2. The normalized spacial score (nSPS) is 15.3. The topological polar surface area (TPSA) is 36.2 Å². The van der Waals surface area contributed by atoms with Gasteiger partial charge in [0.2, 0.25) is 0 Å². The van der Waals surface area contributed by atoms with Gasteiger partial charge in [-0.2, -0.15) is 0 Å². The monoisotopic (exact) mass is 156 g/mol. The molecular formula is C8H18N3+. The Morgan fingerprint density at radius 3 is 2.36 bits per heavy atom. The van der Waals surface area contributed by atoms with Crippen LogP contribution in [-0.4, -0.2) is 38.2 Å². The third kappa shape index (κ3) is 7.19. The largest absolute Gasteiger partial charge is 0.313 e. The minimum atomic E-state index is 0.310. The van der Waals surface area contributed by atoms with Gasteiger partial charge in [-0.15, -0.1) is 0 Å². The van der Waals surface area contributed by atoms with Gasteiger partial charge < -0.3 is 5.41 Å². The average molecular weight is 156 g/mol. The highest BCUT2D eigenvalue weighted by Gasteiger charge is 2.01. The van der Waals surface area contributed by atoms with Gasteiger partial charge in [0.1, 0.15) is 0 Å². The number of hydrogen-bond acceptors (Lipinski definition) is 2. The maximum atomic E-state index is 6.95. The van der Waals surface area contributed by atoms with Crippen molar-refractivity contribution in [2.45, 2.75) is 13.3 Å². The van der Waals surface area contributed by atoms with E-state index in [1.165, 1.54) is 6.21 Å². The van der Waals surface area contributed by atoms with Crippen molar-refractivity contribution in [1.82, 2.24) is 0 Å². The maximum absolute atomic E-state index is 6.95. The van der Waals surface area contributed by atoms with E-state index in [0.29, 0.717) is 10.5 Å². The first-order valence-corrected chi connectivity index (χ1v) is 3.82. The maximum Gasteiger partial charge on any atom is 0.0923 e. The second-order valence-corrected chi connectivity index (χ2v) is 3.62. The molecule has 0 amide bonds. The molecule has 11 heavy (non-hydrogen) atoms. The Labute approximate surface area is 68.8 Å². The molecule has 0 heterocycles. The van der Waals surface area contributed by atoms with Crippen molar-refractivity contribution in [3.05, 3.63) is 0 Å². The van der Waals surface area contributed by atoms with E-state index in [4.69, 9.17) is 5.41 Å². The average Bonchev–Trinajstić information content (AvgIpc) is 1.85. The van der Waals surface area contributed by atoms with Gasteiger partial charge >= 0.3 is 0 Å². The molecular weight excluding hydrogens is 138 g/mol. The zero-order valence-corrected chi connectivity index (χ0v) is 7.83. The smallest absolute Gasteiger partial charge is 0.0923 e. The summed E-state index contributed by atoms with van der Waals surface area (Å²) >= 11 is 0.